The molecule has 9 heteroatoms. The third-order valence-electron chi connectivity index (χ3n) is 4.54. The van der Waals surface area contributed by atoms with Crippen molar-refractivity contribution >= 4 is 21.7 Å². The third-order valence-corrected chi connectivity index (χ3v) is 6.43. The van der Waals surface area contributed by atoms with Gasteiger partial charge in [-0.2, -0.15) is 18.3 Å². The van der Waals surface area contributed by atoms with Gasteiger partial charge in [0, 0.05) is 17.3 Å². The SMILES string of the molecule is CC1(n2cc(/C=C/C(=O)c3cccc(C(F)(F)F)c3)cn2)CCS(=O)(=O)C1. The van der Waals surface area contributed by atoms with Crippen molar-refractivity contribution in [3.63, 3.8) is 0 Å². The molecule has 0 aliphatic carbocycles. The van der Waals surface area contributed by atoms with Gasteiger partial charge in [0.15, 0.2) is 15.6 Å². The minimum Gasteiger partial charge on any atom is -0.289 e. The first-order chi connectivity index (χ1) is 12.5. The third kappa shape index (κ3) is 4.29. The first-order valence-electron chi connectivity index (χ1n) is 8.14. The van der Waals surface area contributed by atoms with Crippen LogP contribution in [-0.4, -0.2) is 35.5 Å². The maximum atomic E-state index is 12.7. The van der Waals surface area contributed by atoms with Crippen LogP contribution in [0.3, 0.4) is 0 Å². The number of aromatic nitrogens is 2. The Bertz CT molecular complexity index is 1010. The Morgan fingerprint density at radius 2 is 2.07 bits per heavy atom. The van der Waals surface area contributed by atoms with E-state index in [1.807, 2.05) is 0 Å². The van der Waals surface area contributed by atoms with Crippen LogP contribution < -0.4 is 0 Å². The summed E-state index contributed by atoms with van der Waals surface area (Å²) in [4.78, 5) is 12.1. The highest BCUT2D eigenvalue weighted by atomic mass is 32.2. The van der Waals surface area contributed by atoms with Crippen LogP contribution in [0.2, 0.25) is 0 Å². The van der Waals surface area contributed by atoms with E-state index in [9.17, 15) is 26.4 Å². The summed E-state index contributed by atoms with van der Waals surface area (Å²) < 4.78 is 63.2. The molecule has 1 atom stereocenters. The van der Waals surface area contributed by atoms with Crippen molar-refractivity contribution < 1.29 is 26.4 Å². The number of sulfone groups is 1. The molecule has 27 heavy (non-hydrogen) atoms. The monoisotopic (exact) mass is 398 g/mol. The number of carbonyl (C=O) groups excluding carboxylic acids is 1. The van der Waals surface area contributed by atoms with Crippen molar-refractivity contribution in [1.82, 2.24) is 9.78 Å². The molecule has 0 bridgehead atoms. The summed E-state index contributed by atoms with van der Waals surface area (Å²) in [6.07, 6.45) is 1.65. The molecule has 0 N–H and O–H groups in total. The highest BCUT2D eigenvalue weighted by Crippen LogP contribution is 2.31. The van der Waals surface area contributed by atoms with Crippen molar-refractivity contribution in [3.8, 4) is 0 Å². The van der Waals surface area contributed by atoms with Crippen LogP contribution in [0.1, 0.15) is 34.8 Å². The fraction of sp³-hybridized carbons (Fsp3) is 0.333. The fourth-order valence-electron chi connectivity index (χ4n) is 3.01. The van der Waals surface area contributed by atoms with Crippen molar-refractivity contribution in [1.29, 1.82) is 0 Å². The molecule has 0 saturated carbocycles. The molecule has 1 aromatic carbocycles. The van der Waals surface area contributed by atoms with Gasteiger partial charge >= 0.3 is 6.18 Å². The number of nitrogens with zero attached hydrogens (tertiary/aromatic N) is 2. The molecule has 1 saturated heterocycles. The largest absolute Gasteiger partial charge is 0.416 e. The molecule has 3 rings (SSSR count). The van der Waals surface area contributed by atoms with Crippen LogP contribution in [0.15, 0.2) is 42.7 Å². The summed E-state index contributed by atoms with van der Waals surface area (Å²) in [7, 11) is -3.10. The maximum absolute atomic E-state index is 12.7. The van der Waals surface area contributed by atoms with E-state index < -0.39 is 32.9 Å². The number of hydrogen-bond acceptors (Lipinski definition) is 4. The summed E-state index contributed by atoms with van der Waals surface area (Å²) in [5, 5.41) is 4.17. The minimum atomic E-state index is -4.52. The van der Waals surface area contributed by atoms with Gasteiger partial charge in [-0.1, -0.05) is 12.1 Å². The Morgan fingerprint density at radius 3 is 2.70 bits per heavy atom. The first kappa shape index (κ1) is 19.3. The van der Waals surface area contributed by atoms with Gasteiger partial charge in [-0.15, -0.1) is 0 Å². The van der Waals surface area contributed by atoms with Crippen LogP contribution in [0.25, 0.3) is 6.08 Å². The molecule has 5 nitrogen and oxygen atoms in total. The lowest BCUT2D eigenvalue weighted by molar-refractivity contribution is -0.137. The number of carbonyl (C=O) groups is 1. The summed E-state index contributed by atoms with van der Waals surface area (Å²) in [6.45, 7) is 1.80. The van der Waals surface area contributed by atoms with Gasteiger partial charge in [0.25, 0.3) is 0 Å². The van der Waals surface area contributed by atoms with Gasteiger partial charge in [-0.3, -0.25) is 9.48 Å². The number of ketones is 1. The number of alkyl halides is 3. The Balaban J connectivity index is 1.76. The standard InChI is InChI=1S/C18H17F3N2O3S/c1-17(7-8-27(25,26)12-17)23-11-13(10-22-23)5-6-16(24)14-3-2-4-15(9-14)18(19,20)21/h2-6,9-11H,7-8,12H2,1H3/b6-5+. The zero-order valence-corrected chi connectivity index (χ0v) is 15.2. The van der Waals surface area contributed by atoms with E-state index in [0.717, 1.165) is 12.1 Å². The van der Waals surface area contributed by atoms with Gasteiger partial charge in [-0.05, 0) is 37.6 Å². The van der Waals surface area contributed by atoms with Gasteiger partial charge in [-0.25, -0.2) is 8.42 Å². The molecule has 1 aliphatic heterocycles. The summed E-state index contributed by atoms with van der Waals surface area (Å²) in [6, 6.07) is 4.21. The van der Waals surface area contributed by atoms with E-state index in [1.54, 1.807) is 17.8 Å². The highest BCUT2D eigenvalue weighted by molar-refractivity contribution is 7.91. The van der Waals surface area contributed by atoms with Crippen molar-refractivity contribution in [3.05, 3.63) is 59.4 Å². The van der Waals surface area contributed by atoms with E-state index in [4.69, 9.17) is 0 Å². The van der Waals surface area contributed by atoms with Crippen LogP contribution >= 0.6 is 0 Å². The molecular weight excluding hydrogens is 381 g/mol. The topological polar surface area (TPSA) is 69.0 Å². The second-order valence-electron chi connectivity index (χ2n) is 6.83. The second-order valence-corrected chi connectivity index (χ2v) is 9.02. The van der Waals surface area contributed by atoms with E-state index in [0.29, 0.717) is 12.0 Å². The van der Waals surface area contributed by atoms with E-state index in [-0.39, 0.29) is 17.1 Å². The fourth-order valence-corrected chi connectivity index (χ4v) is 5.13. The molecule has 1 unspecified atom stereocenters. The highest BCUT2D eigenvalue weighted by Gasteiger charge is 2.40. The second kappa shape index (κ2) is 6.63. The summed E-state index contributed by atoms with van der Waals surface area (Å²) in [5.74, 6) is -0.472. The van der Waals surface area contributed by atoms with Gasteiger partial charge in [0.1, 0.15) is 0 Å². The molecule has 1 aromatic heterocycles. The minimum absolute atomic E-state index is 0.00595. The average Bonchev–Trinajstić information content (AvgIpc) is 3.17. The average molecular weight is 398 g/mol. The molecule has 0 amide bonds. The number of allylic oxidation sites excluding steroid dienone is 1. The van der Waals surface area contributed by atoms with Gasteiger partial charge < -0.3 is 0 Å². The lowest BCUT2D eigenvalue weighted by Crippen LogP contribution is -2.31. The normalized spacial score (nSPS) is 22.4. The molecular formula is C18H17F3N2O3S. The number of rotatable bonds is 4. The molecule has 1 fully saturated rings. The van der Waals surface area contributed by atoms with Gasteiger partial charge in [0.05, 0.1) is 28.8 Å². The Hall–Kier alpha value is -2.42. The van der Waals surface area contributed by atoms with E-state index in [1.165, 1.54) is 30.5 Å². The summed E-state index contributed by atoms with van der Waals surface area (Å²) in [5.41, 5.74) is -1.04. The maximum Gasteiger partial charge on any atom is 0.416 e. The van der Waals surface area contributed by atoms with Crippen molar-refractivity contribution in [2.45, 2.75) is 25.1 Å². The number of hydrogen-bond donors (Lipinski definition) is 0. The Kier molecular flexibility index (Phi) is 4.75. The smallest absolute Gasteiger partial charge is 0.289 e. The zero-order valence-electron chi connectivity index (χ0n) is 14.4. The van der Waals surface area contributed by atoms with Crippen molar-refractivity contribution in [2.24, 2.45) is 0 Å². The first-order valence-corrected chi connectivity index (χ1v) is 9.96. The van der Waals surface area contributed by atoms with Crippen LogP contribution in [0.4, 0.5) is 13.2 Å². The Labute approximate surface area is 154 Å². The predicted octanol–water partition coefficient (Wildman–Crippen LogP) is 3.33. The molecule has 2 aromatic rings. The van der Waals surface area contributed by atoms with Crippen LogP contribution in [-0.2, 0) is 21.6 Å². The Morgan fingerprint density at radius 1 is 1.33 bits per heavy atom. The van der Waals surface area contributed by atoms with Crippen molar-refractivity contribution in [2.75, 3.05) is 11.5 Å². The number of halogens is 3. The van der Waals surface area contributed by atoms with Gasteiger partial charge in [0.2, 0.25) is 0 Å². The zero-order chi connectivity index (χ0) is 19.9. The van der Waals surface area contributed by atoms with Crippen LogP contribution in [0.5, 0.6) is 0 Å². The molecule has 2 heterocycles. The lowest BCUT2D eigenvalue weighted by atomic mass is 10.0. The van der Waals surface area contributed by atoms with E-state index >= 15 is 0 Å². The predicted molar refractivity (Wildman–Crippen MR) is 94.0 cm³/mol. The van der Waals surface area contributed by atoms with E-state index in [2.05, 4.69) is 5.10 Å². The quantitative estimate of drug-likeness (QED) is 0.585. The molecule has 144 valence electrons. The number of benzene rings is 1. The molecule has 0 radical (unpaired) electrons. The van der Waals surface area contributed by atoms with Crippen LogP contribution in [0, 0.1) is 0 Å². The summed E-state index contributed by atoms with van der Waals surface area (Å²) >= 11 is 0. The molecule has 1 aliphatic rings. The lowest BCUT2D eigenvalue weighted by Gasteiger charge is -2.22. The molecule has 0 spiro atoms.